The quantitative estimate of drug-likeness (QED) is 0.0251. The van der Waals surface area contributed by atoms with Gasteiger partial charge in [-0.2, -0.15) is 0 Å². The van der Waals surface area contributed by atoms with E-state index in [0.717, 1.165) is 113 Å². The second kappa shape index (κ2) is 51.0. The maximum Gasteiger partial charge on any atom is 0.323 e. The molecule has 5 aliphatic heterocycles. The Labute approximate surface area is 788 Å². The highest BCUT2D eigenvalue weighted by Crippen LogP contribution is 2.60. The van der Waals surface area contributed by atoms with E-state index in [4.69, 9.17) is 52.1 Å². The lowest BCUT2D eigenvalue weighted by Gasteiger charge is -2.32. The van der Waals surface area contributed by atoms with E-state index in [9.17, 15) is 43.2 Å². The van der Waals surface area contributed by atoms with Crippen molar-refractivity contribution in [2.75, 3.05) is 19.8 Å². The molecule has 0 radical (unpaired) electrons. The fourth-order valence-electron chi connectivity index (χ4n) is 24.6. The summed E-state index contributed by atoms with van der Waals surface area (Å²) >= 11 is 0. The minimum Gasteiger partial charge on any atom is -0.465 e. The summed E-state index contributed by atoms with van der Waals surface area (Å²) in [5, 5.41) is 0. The summed E-state index contributed by atoms with van der Waals surface area (Å²) < 4.78 is 60.1. The summed E-state index contributed by atoms with van der Waals surface area (Å²) in [7, 11) is -6.90. The summed E-state index contributed by atoms with van der Waals surface area (Å²) in [6.07, 6.45) is 32.7. The lowest BCUT2D eigenvalue weighted by atomic mass is 9.73. The molecule has 13 aliphatic rings. The molecule has 20 nitrogen and oxygen atoms in total. The number of hydrogen-bond donors (Lipinski definition) is 0. The molecule has 0 aromatic rings. The van der Waals surface area contributed by atoms with Crippen LogP contribution in [0.25, 0.3) is 0 Å². The van der Waals surface area contributed by atoms with E-state index < -0.39 is 130 Å². The third kappa shape index (κ3) is 37.2. The second-order valence-corrected chi connectivity index (χ2v) is 91.2. The van der Waals surface area contributed by atoms with E-state index in [1.807, 2.05) is 0 Å². The highest BCUT2D eigenvalue weighted by Gasteiger charge is 2.56. The van der Waals surface area contributed by atoms with Crippen molar-refractivity contribution in [2.24, 2.45) is 64.6 Å². The van der Waals surface area contributed by atoms with Gasteiger partial charge in [-0.1, -0.05) is 229 Å². The van der Waals surface area contributed by atoms with E-state index in [1.54, 1.807) is 17.0 Å². The van der Waals surface area contributed by atoms with E-state index in [-0.39, 0.29) is 90.6 Å². The molecule has 0 aromatic heterocycles. The smallest absolute Gasteiger partial charge is 0.323 e. The van der Waals surface area contributed by atoms with E-state index in [1.165, 1.54) is 139 Å². The number of cyclic esters (lactones) is 3. The molecule has 5 heterocycles. The van der Waals surface area contributed by atoms with Crippen molar-refractivity contribution in [3.8, 4) is 0 Å². The van der Waals surface area contributed by atoms with Crippen LogP contribution in [0, 0.1) is 64.6 Å². The lowest BCUT2D eigenvalue weighted by Crippen LogP contribution is -2.41. The first-order valence-corrected chi connectivity index (χ1v) is 81.0. The molecule has 128 heavy (non-hydrogen) atoms. The Morgan fingerprint density at radius 1 is 0.422 bits per heavy atom. The summed E-state index contributed by atoms with van der Waals surface area (Å²) in [6.45, 7) is 58.2. The van der Waals surface area contributed by atoms with Gasteiger partial charge >= 0.3 is 53.7 Å². The second-order valence-electron chi connectivity index (χ2n) is 48.0. The number of fused-ring (bicyclic) bond motifs is 7. The van der Waals surface area contributed by atoms with Gasteiger partial charge in [0.1, 0.15) is 11.2 Å². The van der Waals surface area contributed by atoms with Crippen molar-refractivity contribution >= 4 is 129 Å². The molecule has 738 valence electrons. The molecule has 29 heteroatoms. The van der Waals surface area contributed by atoms with Crippen molar-refractivity contribution in [1.29, 1.82) is 0 Å². The molecular formula is C99H186O20Si9. The number of carbonyl (C=O) groups is 9. The van der Waals surface area contributed by atoms with E-state index in [2.05, 4.69) is 146 Å². The first-order valence-electron chi connectivity index (χ1n) is 52.0. The molecule has 8 saturated carbocycles. The van der Waals surface area contributed by atoms with Crippen LogP contribution in [0.3, 0.4) is 0 Å². The van der Waals surface area contributed by atoms with Crippen LogP contribution in [0.5, 0.6) is 0 Å². The van der Waals surface area contributed by atoms with Crippen LogP contribution in [-0.4, -0.2) is 184 Å². The zero-order valence-electron chi connectivity index (χ0n) is 85.6. The van der Waals surface area contributed by atoms with Crippen molar-refractivity contribution in [1.82, 2.24) is 0 Å². The first-order chi connectivity index (χ1) is 59.9. The van der Waals surface area contributed by atoms with Gasteiger partial charge in [0.25, 0.3) is 11.6 Å². The Morgan fingerprint density at radius 3 is 1.12 bits per heavy atom. The van der Waals surface area contributed by atoms with Crippen LogP contribution >= 0.6 is 0 Å². The SMILES string of the molecule is CC1(OC(=O)C2CC3CCC2C3)CCCC1.CC1(OC(=O)C2CC3CCC2C3)CCCC1.CC[Si](C)(C)C[SiH](C)C.CC[Si](C)(C)C[Si](C)(C)C[SiH](C)C.CC[Si](C)(CCCC(C(=O)OC1(C)CCC(=O)O1)C(=O)OC1(C)CCC(=O)O1)C[SiH](C)C.CC[Si](C)(CCCC(C(=O)OC1CCCCO1)C(=O)OC1CCCCO1)C[SiH](C)C.O=C1CC2(CO1)CC1CCC2C1. The van der Waals surface area contributed by atoms with Crippen LogP contribution in [0.15, 0.2) is 0 Å². The largest absolute Gasteiger partial charge is 0.465 e. The molecular weight excluding hydrogens is 1760 g/mol. The Kier molecular flexibility index (Phi) is 44.6. The van der Waals surface area contributed by atoms with Gasteiger partial charge in [-0.05, 0) is 197 Å². The van der Waals surface area contributed by atoms with Gasteiger partial charge in [0.15, 0.2) is 11.8 Å². The average molecular weight is 1950 g/mol. The maximum absolute atomic E-state index is 13.0. The monoisotopic (exact) mass is 1950 g/mol. The summed E-state index contributed by atoms with van der Waals surface area (Å²) in [4.78, 5) is 110. The zero-order valence-corrected chi connectivity index (χ0v) is 95.2. The Bertz CT molecular complexity index is 3360. The molecule has 6 bridgehead atoms. The average Bonchev–Trinajstić information content (AvgIpc) is 1.60. The van der Waals surface area contributed by atoms with Crippen LogP contribution in [0.1, 0.15) is 280 Å². The van der Waals surface area contributed by atoms with Crippen LogP contribution < -0.4 is 0 Å². The number of carbonyl (C=O) groups excluding carboxylic acids is 9. The zero-order chi connectivity index (χ0) is 94.9. The predicted octanol–water partition coefficient (Wildman–Crippen LogP) is 23.4. The highest BCUT2D eigenvalue weighted by molar-refractivity contribution is 6.99. The highest BCUT2D eigenvalue weighted by atomic mass is 28.4. The molecule has 0 aromatic carbocycles. The van der Waals surface area contributed by atoms with Gasteiger partial charge in [-0.3, -0.25) is 43.2 Å². The fourth-order valence-corrected chi connectivity index (χ4v) is 79.2. The third-order valence-electron chi connectivity index (χ3n) is 31.8. The number of hydrogen-bond acceptors (Lipinski definition) is 20. The molecule has 1 spiro atoms. The van der Waals surface area contributed by atoms with E-state index >= 15 is 0 Å². The van der Waals surface area contributed by atoms with Crippen molar-refractivity contribution in [3.63, 3.8) is 0 Å². The molecule has 13 rings (SSSR count). The fraction of sp³-hybridized carbons (Fsp3) is 0.909. The normalized spacial score (nSPS) is 30.0. The van der Waals surface area contributed by atoms with Gasteiger partial charge in [-0.15, -0.1) is 0 Å². The molecule has 0 N–H and O–H groups in total. The lowest BCUT2D eigenvalue weighted by molar-refractivity contribution is -0.221. The third-order valence-corrected chi connectivity index (χ3v) is 79.6. The molecule has 8 aliphatic carbocycles. The molecule has 15 atom stereocenters. The van der Waals surface area contributed by atoms with Gasteiger partial charge in [0, 0.05) is 121 Å². The van der Waals surface area contributed by atoms with Crippen LogP contribution in [0.4, 0.5) is 0 Å². The van der Waals surface area contributed by atoms with E-state index in [0.29, 0.717) is 62.6 Å². The standard InChI is InChI=1S/C22H38O8Si2.C22H42O6Si2.2C14H22O2.C10H14O2.C10H28Si3.C7H20Si2/c1-7-32(6,15-31(4)5)14-8-9-16(19(25)29-21(2)12-10-17(23)27-21)20(26)30-22(3)13-11-18(24)28-22;1-5-30(4,17-29(2)3)16-10-11-18(21(23)27-19-12-6-8-14-25-19)22(24)28-20-13-7-9-15-26-20;2*1-14(6-2-3-7-14)16-13(15)12-9-10-4-5-11(12)8-10;11-9-5-10(6-12-9)4-7-1-2-8(10)3-7;1-8-12(4,5)10-13(6,7)9-11(2)3;1-6-9(4,5)7-8(2)3/h16,31H,7-15H2,1-6H3;18-20,29H,5-17H2,1-4H3;2*10-12H,2-9H2,1H3;7-8H,1-6H2;11H,8-10H2,1-7H3;8H,6-7H2,1-5H3. The predicted molar refractivity (Wildman–Crippen MR) is 538 cm³/mol. The van der Waals surface area contributed by atoms with Crippen molar-refractivity contribution in [2.45, 2.75) is 485 Å². The summed E-state index contributed by atoms with van der Waals surface area (Å²) in [6, 6.07) is 7.53. The minimum atomic E-state index is -1.42. The summed E-state index contributed by atoms with van der Waals surface area (Å²) in [5.74, 6) is -2.69. The number of esters is 9. The van der Waals surface area contributed by atoms with Gasteiger partial charge in [0.2, 0.25) is 12.6 Å². The van der Waals surface area contributed by atoms with Gasteiger partial charge in [-0.25, -0.2) is 0 Å². The first kappa shape index (κ1) is 112. The molecule has 0 amide bonds. The molecule has 5 saturated heterocycles. The van der Waals surface area contributed by atoms with Crippen LogP contribution in [0.2, 0.25) is 169 Å². The van der Waals surface area contributed by atoms with Crippen molar-refractivity contribution in [3.05, 3.63) is 0 Å². The molecule has 15 unspecified atom stereocenters. The molecule has 13 fully saturated rings. The Balaban J connectivity index is 0.000000213. The topological polar surface area (TPSA) is 255 Å². The maximum atomic E-state index is 13.0. The Hall–Kier alpha value is -2.90. The van der Waals surface area contributed by atoms with Crippen molar-refractivity contribution < 1.29 is 95.3 Å². The number of rotatable bonds is 34. The summed E-state index contributed by atoms with van der Waals surface area (Å²) in [5.41, 5.74) is 7.73. The van der Waals surface area contributed by atoms with Gasteiger partial charge in [0.05, 0.1) is 50.9 Å². The minimum absolute atomic E-state index is 0.0440. The Morgan fingerprint density at radius 2 is 0.820 bits per heavy atom. The van der Waals surface area contributed by atoms with Crippen LogP contribution in [-0.2, 0) is 95.3 Å². The number of ether oxygens (including phenoxy) is 11. The van der Waals surface area contributed by atoms with Gasteiger partial charge < -0.3 is 52.1 Å².